The topological polar surface area (TPSA) is 58.2 Å². The normalized spacial score (nSPS) is 11.7. The van der Waals surface area contributed by atoms with Gasteiger partial charge in [-0.3, -0.25) is 9.59 Å². The molecule has 27 heavy (non-hydrogen) atoms. The molecule has 7 heteroatoms. The van der Waals surface area contributed by atoms with Gasteiger partial charge >= 0.3 is 0 Å². The molecule has 0 bridgehead atoms. The Morgan fingerprint density at radius 2 is 1.89 bits per heavy atom. The maximum absolute atomic E-state index is 12.4. The Hall–Kier alpha value is -1.69. The van der Waals surface area contributed by atoms with Gasteiger partial charge in [-0.05, 0) is 43.2 Å². The number of hydrogen-bond acceptors (Lipinski definition) is 3. The van der Waals surface area contributed by atoms with E-state index in [-0.39, 0.29) is 23.6 Å². The van der Waals surface area contributed by atoms with E-state index < -0.39 is 0 Å². The maximum atomic E-state index is 12.4. The third kappa shape index (κ3) is 6.76. The van der Waals surface area contributed by atoms with E-state index in [0.29, 0.717) is 27.0 Å². The Morgan fingerprint density at radius 3 is 2.59 bits per heavy atom. The number of para-hydroxylation sites is 1. The largest absolute Gasteiger partial charge is 0.350 e. The molecule has 4 nitrogen and oxygen atoms in total. The predicted octanol–water partition coefficient (Wildman–Crippen LogP) is 5.39. The summed E-state index contributed by atoms with van der Waals surface area (Å²) in [6.45, 7) is 3.94. The number of thioether (sulfide) groups is 1. The quantitative estimate of drug-likeness (QED) is 0.596. The molecule has 1 atom stereocenters. The van der Waals surface area contributed by atoms with Crippen molar-refractivity contribution in [1.82, 2.24) is 5.32 Å². The molecule has 0 aromatic heterocycles. The average Bonchev–Trinajstić information content (AvgIpc) is 2.63. The first kappa shape index (κ1) is 21.6. The fourth-order valence-electron chi connectivity index (χ4n) is 2.27. The Balaban J connectivity index is 1.93. The fraction of sp³-hybridized carbons (Fsp3) is 0.300. The number of carbonyl (C=O) groups is 2. The van der Waals surface area contributed by atoms with Crippen molar-refractivity contribution in [2.45, 2.75) is 32.1 Å². The number of nitrogens with one attached hydrogen (secondary N) is 2. The lowest BCUT2D eigenvalue weighted by atomic mass is 10.1. The van der Waals surface area contributed by atoms with Crippen molar-refractivity contribution in [1.29, 1.82) is 0 Å². The van der Waals surface area contributed by atoms with Gasteiger partial charge < -0.3 is 10.6 Å². The molecule has 0 unspecified atom stereocenters. The van der Waals surface area contributed by atoms with Gasteiger partial charge in [-0.15, -0.1) is 11.8 Å². The van der Waals surface area contributed by atoms with Crippen LogP contribution in [0.1, 0.15) is 36.2 Å². The van der Waals surface area contributed by atoms with Crippen LogP contribution in [0.3, 0.4) is 0 Å². The van der Waals surface area contributed by atoms with Crippen molar-refractivity contribution in [2.24, 2.45) is 0 Å². The second kappa shape index (κ2) is 10.6. The molecule has 2 aromatic carbocycles. The zero-order valence-electron chi connectivity index (χ0n) is 15.2. The molecule has 0 aliphatic rings. The summed E-state index contributed by atoms with van der Waals surface area (Å²) in [5.41, 5.74) is 1.89. The van der Waals surface area contributed by atoms with Crippen LogP contribution in [0.5, 0.6) is 0 Å². The van der Waals surface area contributed by atoms with Crippen molar-refractivity contribution in [2.75, 3.05) is 11.1 Å². The highest BCUT2D eigenvalue weighted by atomic mass is 35.5. The van der Waals surface area contributed by atoms with E-state index in [4.69, 9.17) is 23.2 Å². The van der Waals surface area contributed by atoms with Crippen LogP contribution in [0.4, 0.5) is 5.69 Å². The first-order valence-corrected chi connectivity index (χ1v) is 10.5. The molecule has 144 valence electrons. The van der Waals surface area contributed by atoms with Gasteiger partial charge in [-0.1, -0.05) is 48.3 Å². The lowest BCUT2D eigenvalue weighted by molar-refractivity contribution is -0.113. The first-order valence-electron chi connectivity index (χ1n) is 8.62. The van der Waals surface area contributed by atoms with Gasteiger partial charge in [0.05, 0.1) is 17.0 Å². The van der Waals surface area contributed by atoms with E-state index in [1.54, 1.807) is 36.4 Å². The molecule has 0 spiro atoms. The second-order valence-electron chi connectivity index (χ2n) is 6.11. The summed E-state index contributed by atoms with van der Waals surface area (Å²) >= 11 is 13.5. The second-order valence-corrected chi connectivity index (χ2v) is 7.93. The highest BCUT2D eigenvalue weighted by molar-refractivity contribution is 7.99. The molecular weight excluding hydrogens is 403 g/mol. The highest BCUT2D eigenvalue weighted by Crippen LogP contribution is 2.25. The minimum Gasteiger partial charge on any atom is -0.350 e. The van der Waals surface area contributed by atoms with E-state index in [1.807, 2.05) is 19.9 Å². The van der Waals surface area contributed by atoms with Crippen LogP contribution in [0.15, 0.2) is 42.5 Å². The molecule has 0 fully saturated rings. The van der Waals surface area contributed by atoms with Gasteiger partial charge in [-0.2, -0.15) is 0 Å². The van der Waals surface area contributed by atoms with E-state index in [2.05, 4.69) is 10.6 Å². The summed E-state index contributed by atoms with van der Waals surface area (Å²) in [6, 6.07) is 12.4. The van der Waals surface area contributed by atoms with Crippen molar-refractivity contribution >= 4 is 52.5 Å². The highest BCUT2D eigenvalue weighted by Gasteiger charge is 2.14. The van der Waals surface area contributed by atoms with Gasteiger partial charge in [0.2, 0.25) is 5.91 Å². The van der Waals surface area contributed by atoms with Gasteiger partial charge in [0, 0.05) is 21.8 Å². The molecule has 2 aromatic rings. The number of halogens is 2. The zero-order chi connectivity index (χ0) is 19.8. The Kier molecular flexibility index (Phi) is 8.48. The molecule has 0 radical (unpaired) electrons. The summed E-state index contributed by atoms with van der Waals surface area (Å²) in [6.07, 6.45) is 0.837. The number of carbonyl (C=O) groups excluding carboxylic acids is 2. The standard InChI is InChI=1S/C20H22Cl2N2O2S/c1-3-13(2)23-20(26)16-6-4-5-7-18(16)24-19(25)12-27-11-14-8-9-15(21)10-17(14)22/h4-10,13H,3,11-12H2,1-2H3,(H,23,26)(H,24,25)/t13-/m1/s1. The smallest absolute Gasteiger partial charge is 0.253 e. The van der Waals surface area contributed by atoms with Crippen LogP contribution >= 0.6 is 35.0 Å². The summed E-state index contributed by atoms with van der Waals surface area (Å²) in [4.78, 5) is 24.7. The number of benzene rings is 2. The molecule has 2 amide bonds. The van der Waals surface area contributed by atoms with Gasteiger partial charge in [0.1, 0.15) is 0 Å². The Labute approximate surface area is 174 Å². The molecule has 0 saturated heterocycles. The van der Waals surface area contributed by atoms with Crippen LogP contribution in [0.25, 0.3) is 0 Å². The van der Waals surface area contributed by atoms with Crippen LogP contribution in [-0.4, -0.2) is 23.6 Å². The predicted molar refractivity (Wildman–Crippen MR) is 115 cm³/mol. The molecule has 0 heterocycles. The van der Waals surface area contributed by atoms with Gasteiger partial charge in [0.15, 0.2) is 0 Å². The molecular formula is C20H22Cl2N2O2S. The number of amides is 2. The van der Waals surface area contributed by atoms with Crippen LogP contribution < -0.4 is 10.6 Å². The summed E-state index contributed by atoms with van der Waals surface area (Å²) in [5.74, 6) is 0.481. The lowest BCUT2D eigenvalue weighted by Crippen LogP contribution is -2.32. The minimum absolute atomic E-state index is 0.0703. The third-order valence-electron chi connectivity index (χ3n) is 3.94. The number of anilines is 1. The zero-order valence-corrected chi connectivity index (χ0v) is 17.5. The fourth-order valence-corrected chi connectivity index (χ4v) is 3.66. The van der Waals surface area contributed by atoms with Crippen molar-refractivity contribution < 1.29 is 9.59 Å². The monoisotopic (exact) mass is 424 g/mol. The van der Waals surface area contributed by atoms with Crippen LogP contribution in [0.2, 0.25) is 10.0 Å². The molecule has 0 saturated carbocycles. The Bertz CT molecular complexity index is 814. The lowest BCUT2D eigenvalue weighted by Gasteiger charge is -2.14. The third-order valence-corrected chi connectivity index (χ3v) is 5.51. The van der Waals surface area contributed by atoms with Gasteiger partial charge in [-0.25, -0.2) is 0 Å². The molecule has 2 rings (SSSR count). The summed E-state index contributed by atoms with van der Waals surface area (Å²) < 4.78 is 0. The molecule has 2 N–H and O–H groups in total. The molecule has 0 aliphatic heterocycles. The van der Waals surface area contributed by atoms with E-state index in [9.17, 15) is 9.59 Å². The maximum Gasteiger partial charge on any atom is 0.253 e. The molecule has 0 aliphatic carbocycles. The summed E-state index contributed by atoms with van der Waals surface area (Å²) in [7, 11) is 0. The first-order chi connectivity index (χ1) is 12.9. The number of hydrogen-bond donors (Lipinski definition) is 2. The van der Waals surface area contributed by atoms with Crippen LogP contribution in [0, 0.1) is 0 Å². The van der Waals surface area contributed by atoms with E-state index in [0.717, 1.165) is 12.0 Å². The van der Waals surface area contributed by atoms with Crippen LogP contribution in [-0.2, 0) is 10.5 Å². The summed E-state index contributed by atoms with van der Waals surface area (Å²) in [5, 5.41) is 6.90. The minimum atomic E-state index is -0.194. The van der Waals surface area contributed by atoms with E-state index in [1.165, 1.54) is 11.8 Å². The SMILES string of the molecule is CC[C@@H](C)NC(=O)c1ccccc1NC(=O)CSCc1ccc(Cl)cc1Cl. The van der Waals surface area contributed by atoms with Crippen molar-refractivity contribution in [3.63, 3.8) is 0 Å². The average molecular weight is 425 g/mol. The Morgan fingerprint density at radius 1 is 1.15 bits per heavy atom. The van der Waals surface area contributed by atoms with Crippen molar-refractivity contribution in [3.05, 3.63) is 63.6 Å². The number of rotatable bonds is 8. The van der Waals surface area contributed by atoms with Crippen molar-refractivity contribution in [3.8, 4) is 0 Å². The van der Waals surface area contributed by atoms with Gasteiger partial charge in [0.25, 0.3) is 5.91 Å². The van der Waals surface area contributed by atoms with E-state index >= 15 is 0 Å².